The van der Waals surface area contributed by atoms with E-state index in [0.29, 0.717) is 11.3 Å². The van der Waals surface area contributed by atoms with Crippen LogP contribution in [-0.4, -0.2) is 6.03 Å². The van der Waals surface area contributed by atoms with Gasteiger partial charge in [0.1, 0.15) is 0 Å². The Kier molecular flexibility index (Phi) is 5.76. The number of nitriles is 1. The third-order valence-electron chi connectivity index (χ3n) is 3.67. The van der Waals surface area contributed by atoms with E-state index in [-0.39, 0.29) is 6.03 Å². The predicted octanol–water partition coefficient (Wildman–Crippen LogP) is 4.85. The molecule has 0 saturated heterocycles. The summed E-state index contributed by atoms with van der Waals surface area (Å²) < 4.78 is 0. The minimum atomic E-state index is -0.296. The zero-order chi connectivity index (χ0) is 16.7. The lowest BCUT2D eigenvalue weighted by atomic mass is 10.0. The Hall–Kier alpha value is -2.80. The molecule has 0 aliphatic heterocycles. The summed E-state index contributed by atoms with van der Waals surface area (Å²) in [5.74, 6) is 0. The van der Waals surface area contributed by atoms with Crippen molar-refractivity contribution in [3.05, 3.63) is 59.2 Å². The quantitative estimate of drug-likeness (QED) is 0.829. The number of benzene rings is 2. The lowest BCUT2D eigenvalue weighted by Gasteiger charge is -2.11. The molecule has 0 heterocycles. The molecule has 4 nitrogen and oxygen atoms in total. The number of urea groups is 1. The van der Waals surface area contributed by atoms with Gasteiger partial charge in [-0.05, 0) is 67.3 Å². The molecule has 2 aromatic carbocycles. The SMILES string of the molecule is CCCCc1ccc(NC(=O)Nc2ccc(C#N)cc2)cc1C. The molecule has 0 unspecified atom stereocenters. The van der Waals surface area contributed by atoms with Crippen molar-refractivity contribution in [1.29, 1.82) is 5.26 Å². The van der Waals surface area contributed by atoms with Gasteiger partial charge in [-0.15, -0.1) is 0 Å². The van der Waals surface area contributed by atoms with Crippen LogP contribution in [0.1, 0.15) is 36.5 Å². The van der Waals surface area contributed by atoms with Gasteiger partial charge in [-0.1, -0.05) is 19.4 Å². The molecule has 0 bridgehead atoms. The van der Waals surface area contributed by atoms with Crippen molar-refractivity contribution in [3.63, 3.8) is 0 Å². The second kappa shape index (κ2) is 8.00. The van der Waals surface area contributed by atoms with E-state index in [4.69, 9.17) is 5.26 Å². The van der Waals surface area contributed by atoms with Crippen LogP contribution in [-0.2, 0) is 6.42 Å². The Morgan fingerprint density at radius 2 is 1.74 bits per heavy atom. The topological polar surface area (TPSA) is 64.9 Å². The molecule has 23 heavy (non-hydrogen) atoms. The number of aryl methyl sites for hydroxylation is 2. The van der Waals surface area contributed by atoms with E-state index in [1.54, 1.807) is 24.3 Å². The highest BCUT2D eigenvalue weighted by Gasteiger charge is 2.05. The summed E-state index contributed by atoms with van der Waals surface area (Å²) in [6.07, 6.45) is 3.42. The minimum absolute atomic E-state index is 0.296. The van der Waals surface area contributed by atoms with Gasteiger partial charge in [-0.2, -0.15) is 5.26 Å². The summed E-state index contributed by atoms with van der Waals surface area (Å²) in [5, 5.41) is 14.3. The summed E-state index contributed by atoms with van der Waals surface area (Å²) in [7, 11) is 0. The Morgan fingerprint density at radius 1 is 1.09 bits per heavy atom. The summed E-state index contributed by atoms with van der Waals surface area (Å²) >= 11 is 0. The number of unbranched alkanes of at least 4 members (excludes halogenated alkanes) is 1. The first-order chi connectivity index (χ1) is 11.1. The van der Waals surface area contributed by atoms with Crippen molar-refractivity contribution in [2.75, 3.05) is 10.6 Å². The number of anilines is 2. The van der Waals surface area contributed by atoms with E-state index < -0.39 is 0 Å². The molecule has 118 valence electrons. The van der Waals surface area contributed by atoms with Crippen LogP contribution in [0.25, 0.3) is 0 Å². The van der Waals surface area contributed by atoms with Crippen LogP contribution in [0.4, 0.5) is 16.2 Å². The predicted molar refractivity (Wildman–Crippen MR) is 93.6 cm³/mol. The van der Waals surface area contributed by atoms with Crippen LogP contribution in [0.15, 0.2) is 42.5 Å². The summed E-state index contributed by atoms with van der Waals surface area (Å²) in [6.45, 7) is 4.24. The summed E-state index contributed by atoms with van der Waals surface area (Å²) in [6, 6.07) is 14.5. The highest BCUT2D eigenvalue weighted by molar-refractivity contribution is 5.99. The summed E-state index contributed by atoms with van der Waals surface area (Å²) in [4.78, 5) is 12.0. The van der Waals surface area contributed by atoms with Gasteiger partial charge in [-0.3, -0.25) is 0 Å². The van der Waals surface area contributed by atoms with Crippen molar-refractivity contribution in [2.24, 2.45) is 0 Å². The molecule has 0 aromatic heterocycles. The molecule has 4 heteroatoms. The molecular weight excluding hydrogens is 286 g/mol. The van der Waals surface area contributed by atoms with Gasteiger partial charge in [0.25, 0.3) is 0 Å². The van der Waals surface area contributed by atoms with E-state index in [9.17, 15) is 4.79 Å². The largest absolute Gasteiger partial charge is 0.323 e. The fourth-order valence-corrected chi connectivity index (χ4v) is 2.34. The van der Waals surface area contributed by atoms with Crippen molar-refractivity contribution < 1.29 is 4.79 Å². The van der Waals surface area contributed by atoms with Crippen molar-refractivity contribution in [1.82, 2.24) is 0 Å². The van der Waals surface area contributed by atoms with E-state index in [1.165, 1.54) is 24.0 Å². The number of hydrogen-bond acceptors (Lipinski definition) is 2. The van der Waals surface area contributed by atoms with Gasteiger partial charge in [0.05, 0.1) is 11.6 Å². The normalized spacial score (nSPS) is 9.96. The molecule has 2 N–H and O–H groups in total. The highest BCUT2D eigenvalue weighted by atomic mass is 16.2. The lowest BCUT2D eigenvalue weighted by Crippen LogP contribution is -2.19. The van der Waals surface area contributed by atoms with Gasteiger partial charge < -0.3 is 10.6 Å². The van der Waals surface area contributed by atoms with Crippen LogP contribution in [0, 0.1) is 18.3 Å². The molecule has 0 spiro atoms. The number of carbonyl (C=O) groups excluding carboxylic acids is 1. The standard InChI is InChI=1S/C19H21N3O/c1-3-4-5-16-8-11-18(12-14(16)2)22-19(23)21-17-9-6-15(13-20)7-10-17/h6-12H,3-5H2,1-2H3,(H2,21,22,23). The average Bonchev–Trinajstić information content (AvgIpc) is 2.55. The highest BCUT2D eigenvalue weighted by Crippen LogP contribution is 2.18. The van der Waals surface area contributed by atoms with Crippen LogP contribution in [0.3, 0.4) is 0 Å². The minimum Gasteiger partial charge on any atom is -0.308 e. The number of nitrogens with zero attached hydrogens (tertiary/aromatic N) is 1. The van der Waals surface area contributed by atoms with Crippen LogP contribution < -0.4 is 10.6 Å². The van der Waals surface area contributed by atoms with E-state index in [0.717, 1.165) is 12.1 Å². The smallest absolute Gasteiger partial charge is 0.308 e. The maximum Gasteiger partial charge on any atom is 0.323 e. The Bertz CT molecular complexity index is 714. The fourth-order valence-electron chi connectivity index (χ4n) is 2.34. The number of hydrogen-bond donors (Lipinski definition) is 2. The second-order valence-corrected chi connectivity index (χ2v) is 5.51. The van der Waals surface area contributed by atoms with E-state index in [1.807, 2.05) is 18.2 Å². The van der Waals surface area contributed by atoms with Gasteiger partial charge >= 0.3 is 6.03 Å². The molecule has 0 atom stereocenters. The van der Waals surface area contributed by atoms with E-state index >= 15 is 0 Å². The maximum absolute atomic E-state index is 12.0. The maximum atomic E-state index is 12.0. The average molecular weight is 307 g/mol. The molecule has 2 rings (SSSR count). The molecule has 2 amide bonds. The zero-order valence-corrected chi connectivity index (χ0v) is 13.5. The van der Waals surface area contributed by atoms with Crippen LogP contribution >= 0.6 is 0 Å². The number of nitrogens with one attached hydrogen (secondary N) is 2. The molecule has 0 fully saturated rings. The first kappa shape index (κ1) is 16.6. The molecule has 0 aliphatic rings. The van der Waals surface area contributed by atoms with Crippen molar-refractivity contribution in [2.45, 2.75) is 33.1 Å². The van der Waals surface area contributed by atoms with E-state index in [2.05, 4.69) is 30.5 Å². The van der Waals surface area contributed by atoms with Gasteiger partial charge in [0.15, 0.2) is 0 Å². The Labute approximate surface area is 137 Å². The zero-order valence-electron chi connectivity index (χ0n) is 13.5. The number of amides is 2. The Morgan fingerprint density at radius 3 is 2.35 bits per heavy atom. The summed E-state index contributed by atoms with van der Waals surface area (Å²) in [5.41, 5.74) is 4.50. The molecule has 0 aliphatic carbocycles. The van der Waals surface area contributed by atoms with Gasteiger partial charge in [-0.25, -0.2) is 4.79 Å². The third kappa shape index (κ3) is 4.86. The van der Waals surface area contributed by atoms with Crippen molar-refractivity contribution >= 4 is 17.4 Å². The molecule has 2 aromatic rings. The first-order valence-corrected chi connectivity index (χ1v) is 7.80. The van der Waals surface area contributed by atoms with Crippen LogP contribution in [0.5, 0.6) is 0 Å². The molecule has 0 saturated carbocycles. The third-order valence-corrected chi connectivity index (χ3v) is 3.67. The molecule has 0 radical (unpaired) electrons. The van der Waals surface area contributed by atoms with Gasteiger partial charge in [0, 0.05) is 11.4 Å². The second-order valence-electron chi connectivity index (χ2n) is 5.51. The first-order valence-electron chi connectivity index (χ1n) is 7.80. The monoisotopic (exact) mass is 307 g/mol. The molecular formula is C19H21N3O. The van der Waals surface area contributed by atoms with Crippen LogP contribution in [0.2, 0.25) is 0 Å². The van der Waals surface area contributed by atoms with Crippen molar-refractivity contribution in [3.8, 4) is 6.07 Å². The number of rotatable bonds is 5. The Balaban J connectivity index is 1.96. The lowest BCUT2D eigenvalue weighted by molar-refractivity contribution is 0.262. The fraction of sp³-hybridized carbons (Fsp3) is 0.263. The number of carbonyl (C=O) groups is 1. The van der Waals surface area contributed by atoms with Gasteiger partial charge in [0.2, 0.25) is 0 Å².